The Kier molecular flexibility index (Phi) is 5.09. The van der Waals surface area contributed by atoms with E-state index in [0.717, 1.165) is 18.3 Å². The number of benzene rings is 1. The maximum absolute atomic E-state index is 13.1. The molecule has 23 heavy (non-hydrogen) atoms. The molecule has 5 nitrogen and oxygen atoms in total. The third kappa shape index (κ3) is 4.38. The number of allylic oxidation sites excluding steroid dienone is 1. The Bertz CT molecular complexity index is 663. The van der Waals surface area contributed by atoms with Gasteiger partial charge in [-0.1, -0.05) is 0 Å². The topological polar surface area (TPSA) is 72.1 Å². The van der Waals surface area contributed by atoms with Gasteiger partial charge in [-0.3, -0.25) is 0 Å². The minimum Gasteiger partial charge on any atom is -0.378 e. The maximum Gasteiger partial charge on any atom is 0.416 e. The fourth-order valence-corrected chi connectivity index (χ4v) is 2.11. The predicted octanol–water partition coefficient (Wildman–Crippen LogP) is 2.88. The van der Waals surface area contributed by atoms with E-state index in [9.17, 15) is 13.2 Å². The smallest absolute Gasteiger partial charge is 0.378 e. The van der Waals surface area contributed by atoms with E-state index in [4.69, 9.17) is 15.3 Å². The van der Waals surface area contributed by atoms with Gasteiger partial charge in [0.2, 0.25) is 0 Å². The predicted molar refractivity (Wildman–Crippen MR) is 77.4 cm³/mol. The van der Waals surface area contributed by atoms with Crippen molar-refractivity contribution in [2.45, 2.75) is 6.18 Å². The van der Waals surface area contributed by atoms with Crippen LogP contribution in [0.2, 0.25) is 0 Å². The van der Waals surface area contributed by atoms with Crippen LogP contribution >= 0.6 is 0 Å². The zero-order chi connectivity index (χ0) is 16.9. The Morgan fingerprint density at radius 2 is 1.83 bits per heavy atom. The summed E-state index contributed by atoms with van der Waals surface area (Å²) < 4.78 is 44.4. The van der Waals surface area contributed by atoms with E-state index in [1.807, 2.05) is 0 Å². The van der Waals surface area contributed by atoms with Crippen LogP contribution in [0.4, 0.5) is 24.5 Å². The fraction of sp³-hybridized carbons (Fsp3) is 0.333. The molecule has 0 aliphatic carbocycles. The second-order valence-corrected chi connectivity index (χ2v) is 4.79. The molecule has 1 fully saturated rings. The molecule has 0 spiro atoms. The normalized spacial score (nSPS) is 14.6. The van der Waals surface area contributed by atoms with Crippen LogP contribution in [-0.2, 0) is 10.9 Å². The molecule has 0 amide bonds. The quantitative estimate of drug-likeness (QED) is 0.866. The molecular formula is C15H13F3N4O. The van der Waals surface area contributed by atoms with Crippen LogP contribution in [0.1, 0.15) is 5.56 Å². The van der Waals surface area contributed by atoms with Gasteiger partial charge < -0.3 is 15.0 Å². The summed E-state index contributed by atoms with van der Waals surface area (Å²) in [7, 11) is 0. The number of nitrogens with one attached hydrogen (secondary N) is 1. The summed E-state index contributed by atoms with van der Waals surface area (Å²) in [6, 6.07) is 6.83. The lowest BCUT2D eigenvalue weighted by Crippen LogP contribution is -2.36. The number of hydrogen-bond acceptors (Lipinski definition) is 5. The summed E-state index contributed by atoms with van der Waals surface area (Å²) in [5.41, 5.74) is -0.456. The van der Waals surface area contributed by atoms with Gasteiger partial charge in [-0.05, 0) is 18.2 Å². The van der Waals surface area contributed by atoms with Crippen LogP contribution in [-0.4, -0.2) is 26.3 Å². The van der Waals surface area contributed by atoms with Gasteiger partial charge in [-0.15, -0.1) is 0 Å². The zero-order valence-corrected chi connectivity index (χ0v) is 12.0. The van der Waals surface area contributed by atoms with Gasteiger partial charge in [-0.25, -0.2) is 0 Å². The van der Waals surface area contributed by atoms with E-state index < -0.39 is 11.7 Å². The molecule has 1 aliphatic heterocycles. The van der Waals surface area contributed by atoms with Crippen molar-refractivity contribution in [1.29, 1.82) is 10.5 Å². The van der Waals surface area contributed by atoms with Gasteiger partial charge in [0.15, 0.2) is 0 Å². The van der Waals surface area contributed by atoms with Crippen molar-refractivity contribution < 1.29 is 17.9 Å². The van der Waals surface area contributed by atoms with Crippen LogP contribution in [0.15, 0.2) is 30.0 Å². The highest BCUT2D eigenvalue weighted by Gasteiger charge is 2.31. The number of morpholine rings is 1. The third-order valence-corrected chi connectivity index (χ3v) is 3.25. The number of ether oxygens (including phenoxy) is 1. The van der Waals surface area contributed by atoms with E-state index in [2.05, 4.69) is 5.32 Å². The first-order chi connectivity index (χ1) is 10.9. The van der Waals surface area contributed by atoms with Crippen molar-refractivity contribution in [3.8, 4) is 12.1 Å². The van der Waals surface area contributed by atoms with Gasteiger partial charge in [0.05, 0.1) is 18.8 Å². The SMILES string of the molecule is N#CC(C#N)=CNc1cc(N2CCOCC2)cc(C(F)(F)F)c1. The largest absolute Gasteiger partial charge is 0.416 e. The molecule has 0 aromatic heterocycles. The third-order valence-electron chi connectivity index (χ3n) is 3.25. The van der Waals surface area contributed by atoms with Crippen LogP contribution in [0, 0.1) is 22.7 Å². The average molecular weight is 322 g/mol. The molecule has 0 saturated carbocycles. The van der Waals surface area contributed by atoms with E-state index in [-0.39, 0.29) is 11.3 Å². The molecule has 1 aliphatic rings. The number of hydrogen-bond donors (Lipinski definition) is 1. The highest BCUT2D eigenvalue weighted by atomic mass is 19.4. The van der Waals surface area contributed by atoms with Crippen LogP contribution < -0.4 is 10.2 Å². The maximum atomic E-state index is 13.1. The van der Waals surface area contributed by atoms with Crippen LogP contribution in [0.3, 0.4) is 0 Å². The first kappa shape index (κ1) is 16.7. The standard InChI is InChI=1S/C15H13F3N4O/c16-15(17,18)12-5-13(21-10-11(8-19)9-20)7-14(6-12)22-1-3-23-4-2-22/h5-7,10,21H,1-4H2. The second-order valence-electron chi connectivity index (χ2n) is 4.79. The van der Waals surface area contributed by atoms with Crippen molar-refractivity contribution in [3.05, 3.63) is 35.5 Å². The molecule has 0 atom stereocenters. The summed E-state index contributed by atoms with van der Waals surface area (Å²) in [4.78, 5) is 1.79. The Labute approximate surface area is 131 Å². The molecule has 120 valence electrons. The summed E-state index contributed by atoms with van der Waals surface area (Å²) in [6.45, 7) is 1.90. The fourth-order valence-electron chi connectivity index (χ4n) is 2.11. The molecule has 1 heterocycles. The van der Waals surface area contributed by atoms with Gasteiger partial charge >= 0.3 is 6.18 Å². The van der Waals surface area contributed by atoms with Crippen molar-refractivity contribution >= 4 is 11.4 Å². The molecule has 0 bridgehead atoms. The number of rotatable bonds is 3. The monoisotopic (exact) mass is 322 g/mol. The Hall–Kier alpha value is -2.71. The lowest BCUT2D eigenvalue weighted by Gasteiger charge is -2.29. The van der Waals surface area contributed by atoms with Gasteiger partial charge in [-0.2, -0.15) is 23.7 Å². The number of anilines is 2. The summed E-state index contributed by atoms with van der Waals surface area (Å²) in [6.07, 6.45) is -3.41. The molecular weight excluding hydrogens is 309 g/mol. The molecule has 1 aromatic rings. The highest BCUT2D eigenvalue weighted by Crippen LogP contribution is 2.34. The number of nitriles is 2. The van der Waals surface area contributed by atoms with Gasteiger partial charge in [0.1, 0.15) is 17.7 Å². The van der Waals surface area contributed by atoms with Crippen molar-refractivity contribution in [2.24, 2.45) is 0 Å². The van der Waals surface area contributed by atoms with Crippen molar-refractivity contribution in [1.82, 2.24) is 0 Å². The number of nitrogens with zero attached hydrogens (tertiary/aromatic N) is 3. The highest BCUT2D eigenvalue weighted by molar-refractivity contribution is 5.62. The second kappa shape index (κ2) is 7.03. The Balaban J connectivity index is 2.36. The van der Waals surface area contributed by atoms with Crippen molar-refractivity contribution in [2.75, 3.05) is 36.5 Å². The van der Waals surface area contributed by atoms with E-state index >= 15 is 0 Å². The first-order valence-electron chi connectivity index (χ1n) is 6.76. The molecule has 8 heteroatoms. The summed E-state index contributed by atoms with van der Waals surface area (Å²) >= 11 is 0. The van der Waals surface area contributed by atoms with Crippen LogP contribution in [0.25, 0.3) is 0 Å². The average Bonchev–Trinajstić information content (AvgIpc) is 2.55. The molecule has 1 saturated heterocycles. The lowest BCUT2D eigenvalue weighted by molar-refractivity contribution is -0.137. The minimum absolute atomic E-state index is 0.157. The molecule has 1 N–H and O–H groups in total. The number of halogens is 3. The van der Waals surface area contributed by atoms with E-state index in [1.54, 1.807) is 23.1 Å². The molecule has 0 radical (unpaired) electrons. The zero-order valence-electron chi connectivity index (χ0n) is 12.0. The number of alkyl halides is 3. The summed E-state index contributed by atoms with van der Waals surface area (Å²) in [5.74, 6) is 0. The van der Waals surface area contributed by atoms with Crippen LogP contribution in [0.5, 0.6) is 0 Å². The minimum atomic E-state index is -4.49. The lowest BCUT2D eigenvalue weighted by atomic mass is 10.1. The Morgan fingerprint density at radius 3 is 2.39 bits per heavy atom. The molecule has 1 aromatic carbocycles. The van der Waals surface area contributed by atoms with Crippen molar-refractivity contribution in [3.63, 3.8) is 0 Å². The van der Waals surface area contributed by atoms with E-state index in [1.165, 1.54) is 0 Å². The van der Waals surface area contributed by atoms with Gasteiger partial charge in [0.25, 0.3) is 0 Å². The molecule has 0 unspecified atom stereocenters. The molecule has 2 rings (SSSR count). The Morgan fingerprint density at radius 1 is 1.17 bits per heavy atom. The summed E-state index contributed by atoms with van der Waals surface area (Å²) in [5, 5.41) is 19.9. The van der Waals surface area contributed by atoms with Gasteiger partial charge in [0, 0.05) is 30.7 Å². The van der Waals surface area contributed by atoms with E-state index in [0.29, 0.717) is 32.0 Å². The first-order valence-corrected chi connectivity index (χ1v) is 6.76.